The van der Waals surface area contributed by atoms with Gasteiger partial charge in [-0.1, -0.05) is 30.4 Å². The van der Waals surface area contributed by atoms with Gasteiger partial charge >= 0.3 is 0 Å². The maximum absolute atomic E-state index is 14.0. The van der Waals surface area contributed by atoms with Crippen LogP contribution in [0.25, 0.3) is 0 Å². The predicted octanol–water partition coefficient (Wildman–Crippen LogP) is 3.16. The lowest BCUT2D eigenvalue weighted by molar-refractivity contribution is -0.223. The molecule has 6 atom stereocenters. The summed E-state index contributed by atoms with van der Waals surface area (Å²) in [5.41, 5.74) is -10.1. The molecule has 0 aromatic heterocycles. The minimum atomic E-state index is -2.44. The number of hydrogen-bond acceptors (Lipinski definition) is 8. The Labute approximate surface area is 210 Å². The Bertz CT molecular complexity index is 1190. The molecular weight excluding hydrogens is 464 g/mol. The molecule has 4 aliphatic rings. The van der Waals surface area contributed by atoms with Gasteiger partial charge in [0.2, 0.25) is 0 Å². The van der Waals surface area contributed by atoms with Gasteiger partial charge in [0.1, 0.15) is 39.3 Å². The van der Waals surface area contributed by atoms with Crippen LogP contribution in [0.1, 0.15) is 54.4 Å². The summed E-state index contributed by atoms with van der Waals surface area (Å²) in [7, 11) is 0. The number of allylic oxidation sites excluding steroid dienone is 7. The maximum atomic E-state index is 14.0. The van der Waals surface area contributed by atoms with Crippen molar-refractivity contribution in [3.63, 3.8) is 0 Å². The normalized spacial score (nSPS) is 40.2. The summed E-state index contributed by atoms with van der Waals surface area (Å²) in [6.07, 6.45) is 9.31. The Hall–Kier alpha value is -3.10. The first-order chi connectivity index (χ1) is 16.6. The maximum Gasteiger partial charge on any atom is 0.179 e. The van der Waals surface area contributed by atoms with Crippen molar-refractivity contribution in [2.45, 2.75) is 65.6 Å². The number of rotatable bonds is 6. The summed E-state index contributed by atoms with van der Waals surface area (Å²) in [6, 6.07) is 0. The quantitative estimate of drug-likeness (QED) is 0.143. The summed E-state index contributed by atoms with van der Waals surface area (Å²) in [6.45, 7) is 8.19. The van der Waals surface area contributed by atoms with Crippen LogP contribution in [-0.2, 0) is 19.2 Å². The van der Waals surface area contributed by atoms with Crippen molar-refractivity contribution in [2.75, 3.05) is 0 Å². The fraction of sp³-hybridized carbons (Fsp3) is 0.500. The molecule has 0 heterocycles. The fourth-order valence-electron chi connectivity index (χ4n) is 6.68. The SMILES string of the molecule is CC=CC=C/C(O)=C1/C(=O)[C@]2(C)C(=O)[C@@](C)(O)[C@H]1[C@H]1[C@]2(C(=O)CC/C=C\C)C(=O)C(C)=C(O)[C@@]1(C)O. The molecule has 3 fully saturated rings. The molecule has 4 aliphatic carbocycles. The van der Waals surface area contributed by atoms with Crippen molar-refractivity contribution in [2.24, 2.45) is 22.7 Å². The van der Waals surface area contributed by atoms with Gasteiger partial charge < -0.3 is 20.4 Å². The van der Waals surface area contributed by atoms with E-state index in [0.29, 0.717) is 0 Å². The summed E-state index contributed by atoms with van der Waals surface area (Å²) in [5, 5.41) is 45.0. The van der Waals surface area contributed by atoms with E-state index >= 15 is 0 Å². The van der Waals surface area contributed by atoms with Gasteiger partial charge in [0, 0.05) is 29.4 Å². The first kappa shape index (κ1) is 27.5. The predicted molar refractivity (Wildman–Crippen MR) is 132 cm³/mol. The zero-order valence-electron chi connectivity index (χ0n) is 21.5. The zero-order chi connectivity index (χ0) is 27.4. The highest BCUT2D eigenvalue weighted by molar-refractivity contribution is 6.32. The molecule has 8 nitrogen and oxygen atoms in total. The second kappa shape index (κ2) is 8.78. The highest BCUT2D eigenvalue weighted by Crippen LogP contribution is 2.70. The molecule has 4 rings (SSSR count). The number of carbonyl (C=O) groups excluding carboxylic acids is 4. The molecule has 0 amide bonds. The third kappa shape index (κ3) is 3.13. The number of carbonyl (C=O) groups is 4. The van der Waals surface area contributed by atoms with E-state index in [2.05, 4.69) is 0 Å². The molecule has 0 saturated heterocycles. The standard InChI is InChI=1S/C28H34O8/c1-7-9-11-13-16(29)18-19-20-27(6,36)21(31)15(3)22(32)28(20,17(30)14-12-10-8-2)25(4,23(18)33)24(34)26(19,5)35/h7-11,13,19-20,29,31,35-36H,12,14H2,1-6H3/b9-7?,10-8-,13-11?,18-16-/t19-,20-,25-,26+,27+,28-/m1/s1. The lowest BCUT2D eigenvalue weighted by atomic mass is 9.32. The summed E-state index contributed by atoms with van der Waals surface area (Å²) < 4.78 is 0. The smallest absolute Gasteiger partial charge is 0.179 e. The van der Waals surface area contributed by atoms with Gasteiger partial charge in [-0.3, -0.25) is 19.2 Å². The largest absolute Gasteiger partial charge is 0.509 e. The molecule has 8 heteroatoms. The number of Topliss-reactive ketones (excluding diaryl/α,β-unsaturated/α-hetero) is 4. The number of aliphatic hydroxyl groups excluding tert-OH is 2. The molecule has 0 aromatic carbocycles. The lowest BCUT2D eigenvalue weighted by Gasteiger charge is -2.67. The second-order valence-corrected chi connectivity index (χ2v) is 10.4. The summed E-state index contributed by atoms with van der Waals surface area (Å²) in [4.78, 5) is 55.9. The van der Waals surface area contributed by atoms with Gasteiger partial charge in [0.25, 0.3) is 0 Å². The highest BCUT2D eigenvalue weighted by Gasteiger charge is 2.85. The van der Waals surface area contributed by atoms with E-state index in [1.165, 1.54) is 26.0 Å². The molecule has 36 heavy (non-hydrogen) atoms. The number of ketones is 4. The van der Waals surface area contributed by atoms with E-state index in [1.54, 1.807) is 38.2 Å². The topological polar surface area (TPSA) is 149 Å². The van der Waals surface area contributed by atoms with Crippen molar-refractivity contribution in [3.05, 3.63) is 59.1 Å². The zero-order valence-corrected chi connectivity index (χ0v) is 21.5. The second-order valence-electron chi connectivity index (χ2n) is 10.4. The number of hydrogen-bond donors (Lipinski definition) is 4. The first-order valence-corrected chi connectivity index (χ1v) is 12.0. The average Bonchev–Trinajstić information content (AvgIpc) is 2.81. The Morgan fingerprint density at radius 2 is 1.58 bits per heavy atom. The van der Waals surface area contributed by atoms with Crippen LogP contribution in [0, 0.1) is 22.7 Å². The van der Waals surface area contributed by atoms with Crippen LogP contribution < -0.4 is 0 Å². The van der Waals surface area contributed by atoms with Gasteiger partial charge in [0.15, 0.2) is 17.3 Å². The summed E-state index contributed by atoms with van der Waals surface area (Å²) in [5.74, 6) is -8.20. The van der Waals surface area contributed by atoms with E-state index in [0.717, 1.165) is 13.8 Å². The van der Waals surface area contributed by atoms with Crippen LogP contribution in [0.2, 0.25) is 0 Å². The summed E-state index contributed by atoms with van der Waals surface area (Å²) >= 11 is 0. The van der Waals surface area contributed by atoms with Crippen molar-refractivity contribution in [1.82, 2.24) is 0 Å². The Kier molecular flexibility index (Phi) is 6.70. The van der Waals surface area contributed by atoms with Gasteiger partial charge in [-0.2, -0.15) is 0 Å². The Morgan fingerprint density at radius 3 is 2.14 bits per heavy atom. The van der Waals surface area contributed by atoms with Gasteiger partial charge in [-0.05, 0) is 54.0 Å². The fourth-order valence-corrected chi connectivity index (χ4v) is 6.68. The monoisotopic (exact) mass is 498 g/mol. The molecule has 194 valence electrons. The lowest BCUT2D eigenvalue weighted by Crippen LogP contribution is -2.82. The van der Waals surface area contributed by atoms with Crippen LogP contribution in [-0.4, -0.2) is 54.8 Å². The molecule has 0 aromatic rings. The van der Waals surface area contributed by atoms with Crippen LogP contribution in [0.4, 0.5) is 0 Å². The van der Waals surface area contributed by atoms with E-state index < -0.39 is 68.5 Å². The molecular formula is C28H34O8. The van der Waals surface area contributed by atoms with Gasteiger partial charge in [0.05, 0.1) is 0 Å². The van der Waals surface area contributed by atoms with Crippen LogP contribution in [0.3, 0.4) is 0 Å². The van der Waals surface area contributed by atoms with Crippen LogP contribution in [0.15, 0.2) is 59.1 Å². The van der Waals surface area contributed by atoms with E-state index in [1.807, 2.05) is 0 Å². The van der Waals surface area contributed by atoms with Crippen molar-refractivity contribution in [1.29, 1.82) is 0 Å². The number of fused-ring (bicyclic) bond motifs is 2. The minimum Gasteiger partial charge on any atom is -0.509 e. The minimum absolute atomic E-state index is 0.214. The highest BCUT2D eigenvalue weighted by atomic mass is 16.3. The van der Waals surface area contributed by atoms with Gasteiger partial charge in [-0.25, -0.2) is 0 Å². The third-order valence-corrected chi connectivity index (χ3v) is 8.30. The molecule has 2 bridgehead atoms. The molecule has 0 unspecified atom stereocenters. The van der Waals surface area contributed by atoms with Crippen LogP contribution >= 0.6 is 0 Å². The number of aliphatic hydroxyl groups is 4. The first-order valence-electron chi connectivity index (χ1n) is 12.0. The van der Waals surface area contributed by atoms with E-state index in [4.69, 9.17) is 0 Å². The molecule has 0 radical (unpaired) electrons. The molecule has 0 spiro atoms. The van der Waals surface area contributed by atoms with Gasteiger partial charge in [-0.15, -0.1) is 0 Å². The van der Waals surface area contributed by atoms with Crippen LogP contribution in [0.5, 0.6) is 0 Å². The average molecular weight is 499 g/mol. The third-order valence-electron chi connectivity index (χ3n) is 8.30. The Balaban J connectivity index is 2.51. The van der Waals surface area contributed by atoms with E-state index in [-0.39, 0.29) is 24.0 Å². The molecule has 0 aliphatic heterocycles. The van der Waals surface area contributed by atoms with Crippen molar-refractivity contribution in [3.8, 4) is 0 Å². The van der Waals surface area contributed by atoms with E-state index in [9.17, 15) is 39.6 Å². The Morgan fingerprint density at radius 1 is 0.972 bits per heavy atom. The molecule has 4 N–H and O–H groups in total. The van der Waals surface area contributed by atoms with Crippen molar-refractivity contribution >= 4 is 23.1 Å². The molecule has 3 saturated carbocycles. The van der Waals surface area contributed by atoms with Crippen molar-refractivity contribution < 1.29 is 39.6 Å².